The first-order valence-electron chi connectivity index (χ1n) is 15.3. The molecule has 0 aromatic heterocycles. The van der Waals surface area contributed by atoms with Crippen molar-refractivity contribution in [2.24, 2.45) is 5.92 Å². The maximum Gasteiger partial charge on any atom is 0.264 e. The summed E-state index contributed by atoms with van der Waals surface area (Å²) in [6.07, 6.45) is 0.275. The van der Waals surface area contributed by atoms with Crippen LogP contribution in [0.3, 0.4) is 0 Å². The maximum absolute atomic E-state index is 14.5. The van der Waals surface area contributed by atoms with Gasteiger partial charge in [0.05, 0.1) is 10.6 Å². The summed E-state index contributed by atoms with van der Waals surface area (Å²) in [6.45, 7) is 9.81. The fraction of sp³-hybridized carbons (Fsp3) is 0.297. The third kappa shape index (κ3) is 9.05. The van der Waals surface area contributed by atoms with E-state index in [4.69, 9.17) is 0 Å². The van der Waals surface area contributed by atoms with Gasteiger partial charge in [-0.25, -0.2) is 8.42 Å². The van der Waals surface area contributed by atoms with Gasteiger partial charge in [-0.15, -0.1) is 0 Å². The van der Waals surface area contributed by atoms with Crippen LogP contribution < -0.4 is 9.62 Å². The van der Waals surface area contributed by atoms with Gasteiger partial charge in [-0.05, 0) is 73.2 Å². The molecule has 1 atom stereocenters. The molecule has 0 bridgehead atoms. The number of carbonyl (C=O) groups is 2. The molecular weight excluding hydrogens is 582 g/mol. The van der Waals surface area contributed by atoms with Gasteiger partial charge in [0.25, 0.3) is 10.0 Å². The molecule has 1 N–H and O–H groups in total. The van der Waals surface area contributed by atoms with E-state index in [1.165, 1.54) is 9.21 Å². The number of benzene rings is 4. The average molecular weight is 626 g/mol. The minimum Gasteiger partial charge on any atom is -0.354 e. The van der Waals surface area contributed by atoms with Crippen LogP contribution in [0.15, 0.2) is 108 Å². The van der Waals surface area contributed by atoms with Crippen molar-refractivity contribution in [2.75, 3.05) is 17.4 Å². The molecule has 0 saturated heterocycles. The summed E-state index contributed by atoms with van der Waals surface area (Å²) < 4.78 is 29.6. The molecule has 7 nitrogen and oxygen atoms in total. The van der Waals surface area contributed by atoms with Crippen LogP contribution in [0.1, 0.15) is 41.7 Å². The van der Waals surface area contributed by atoms with Crippen molar-refractivity contribution in [3.63, 3.8) is 0 Å². The van der Waals surface area contributed by atoms with Crippen molar-refractivity contribution in [1.29, 1.82) is 0 Å². The van der Waals surface area contributed by atoms with E-state index in [2.05, 4.69) is 5.32 Å². The number of anilines is 1. The van der Waals surface area contributed by atoms with Gasteiger partial charge in [0.15, 0.2) is 0 Å². The summed E-state index contributed by atoms with van der Waals surface area (Å²) in [5, 5.41) is 3.02. The molecule has 4 aromatic rings. The zero-order valence-electron chi connectivity index (χ0n) is 26.7. The van der Waals surface area contributed by atoms with Crippen LogP contribution in [0.4, 0.5) is 5.69 Å². The Morgan fingerprint density at radius 2 is 1.29 bits per heavy atom. The number of rotatable bonds is 13. The number of carbonyl (C=O) groups excluding carboxylic acids is 2. The van der Waals surface area contributed by atoms with Crippen molar-refractivity contribution in [1.82, 2.24) is 10.2 Å². The summed E-state index contributed by atoms with van der Waals surface area (Å²) in [5.74, 6) is -0.546. The van der Waals surface area contributed by atoms with Gasteiger partial charge in [0.1, 0.15) is 12.6 Å². The van der Waals surface area contributed by atoms with Gasteiger partial charge >= 0.3 is 0 Å². The maximum atomic E-state index is 14.5. The van der Waals surface area contributed by atoms with E-state index in [1.807, 2.05) is 101 Å². The number of sulfonamides is 1. The fourth-order valence-corrected chi connectivity index (χ4v) is 6.62. The second-order valence-electron chi connectivity index (χ2n) is 12.0. The zero-order valence-corrected chi connectivity index (χ0v) is 27.6. The Bertz CT molecular complexity index is 1670. The predicted molar refractivity (Wildman–Crippen MR) is 180 cm³/mol. The van der Waals surface area contributed by atoms with Gasteiger partial charge in [-0.2, -0.15) is 0 Å². The molecule has 236 valence electrons. The van der Waals surface area contributed by atoms with Crippen LogP contribution in [-0.4, -0.2) is 44.3 Å². The SMILES string of the molecule is Cc1ccc(S(=O)(=O)N(CC(=O)N(Cc2ccccc2)[C@@H](Cc2ccccc2)C(=O)NCC(C)C)c2cc(C)cc(C)c2)cc1. The molecule has 45 heavy (non-hydrogen) atoms. The highest BCUT2D eigenvalue weighted by Gasteiger charge is 2.34. The highest BCUT2D eigenvalue weighted by atomic mass is 32.2. The van der Waals surface area contributed by atoms with Crippen molar-refractivity contribution >= 4 is 27.5 Å². The molecule has 0 aliphatic rings. The van der Waals surface area contributed by atoms with Crippen LogP contribution in [-0.2, 0) is 32.6 Å². The van der Waals surface area contributed by atoms with Crippen molar-refractivity contribution < 1.29 is 18.0 Å². The summed E-state index contributed by atoms with van der Waals surface area (Å²) in [4.78, 5) is 30.0. The second-order valence-corrected chi connectivity index (χ2v) is 13.9. The second kappa shape index (κ2) is 15.0. The topological polar surface area (TPSA) is 86.8 Å². The molecule has 4 rings (SSSR count). The number of hydrogen-bond acceptors (Lipinski definition) is 4. The van der Waals surface area contributed by atoms with E-state index in [0.717, 1.165) is 27.8 Å². The normalized spacial score (nSPS) is 12.0. The Morgan fingerprint density at radius 1 is 0.733 bits per heavy atom. The minimum atomic E-state index is -4.15. The summed E-state index contributed by atoms with van der Waals surface area (Å²) in [5.41, 5.74) is 4.79. The van der Waals surface area contributed by atoms with Crippen LogP contribution >= 0.6 is 0 Å². The molecule has 8 heteroatoms. The third-order valence-electron chi connectivity index (χ3n) is 7.53. The average Bonchev–Trinajstić information content (AvgIpc) is 3.01. The van der Waals surface area contributed by atoms with Crippen molar-refractivity contribution in [3.8, 4) is 0 Å². The van der Waals surface area contributed by atoms with E-state index in [0.29, 0.717) is 12.2 Å². The number of nitrogens with one attached hydrogen (secondary N) is 1. The van der Waals surface area contributed by atoms with Crippen LogP contribution in [0.2, 0.25) is 0 Å². The van der Waals surface area contributed by atoms with Crippen LogP contribution in [0.5, 0.6) is 0 Å². The molecule has 0 fully saturated rings. The standard InChI is InChI=1S/C37H43N3O4S/c1-27(2)24-38-37(42)35(23-31-12-8-6-9-13-31)39(25-32-14-10-7-11-15-32)36(41)26-40(33-21-29(4)20-30(5)22-33)45(43,44)34-18-16-28(3)17-19-34/h6-22,27,35H,23-26H2,1-5H3,(H,38,42)/t35-/m0/s1. The van der Waals surface area contributed by atoms with E-state index < -0.39 is 28.5 Å². The first-order chi connectivity index (χ1) is 21.4. The lowest BCUT2D eigenvalue weighted by molar-refractivity contribution is -0.140. The van der Waals surface area contributed by atoms with Crippen LogP contribution in [0, 0.1) is 26.7 Å². The molecule has 0 unspecified atom stereocenters. The molecule has 0 aliphatic heterocycles. The largest absolute Gasteiger partial charge is 0.354 e. The van der Waals surface area contributed by atoms with E-state index >= 15 is 0 Å². The van der Waals surface area contributed by atoms with Crippen LogP contribution in [0.25, 0.3) is 0 Å². The highest BCUT2D eigenvalue weighted by Crippen LogP contribution is 2.27. The molecule has 0 radical (unpaired) electrons. The summed E-state index contributed by atoms with van der Waals surface area (Å²) >= 11 is 0. The quantitative estimate of drug-likeness (QED) is 0.191. The molecule has 0 saturated carbocycles. The monoisotopic (exact) mass is 625 g/mol. The number of nitrogens with zero attached hydrogens (tertiary/aromatic N) is 2. The van der Waals surface area contributed by atoms with Crippen molar-refractivity contribution in [2.45, 2.75) is 58.5 Å². The number of aryl methyl sites for hydroxylation is 3. The summed E-state index contributed by atoms with van der Waals surface area (Å²) in [6, 6.07) is 30.2. The lowest BCUT2D eigenvalue weighted by Gasteiger charge is -2.34. The molecule has 4 aromatic carbocycles. The summed E-state index contributed by atoms with van der Waals surface area (Å²) in [7, 11) is -4.15. The first kappa shape index (κ1) is 33.5. The number of hydrogen-bond donors (Lipinski definition) is 1. The van der Waals surface area contributed by atoms with Gasteiger partial charge in [-0.1, -0.05) is 98.3 Å². The molecule has 0 aliphatic carbocycles. The third-order valence-corrected chi connectivity index (χ3v) is 9.32. The molecule has 0 heterocycles. The Kier molecular flexibility index (Phi) is 11.2. The van der Waals surface area contributed by atoms with Gasteiger partial charge in [0.2, 0.25) is 11.8 Å². The lowest BCUT2D eigenvalue weighted by Crippen LogP contribution is -2.53. The number of amides is 2. The molecule has 2 amide bonds. The Labute approximate surface area is 268 Å². The van der Waals surface area contributed by atoms with Gasteiger partial charge < -0.3 is 10.2 Å². The predicted octanol–water partition coefficient (Wildman–Crippen LogP) is 6.22. The van der Waals surface area contributed by atoms with Crippen molar-refractivity contribution in [3.05, 3.63) is 131 Å². The highest BCUT2D eigenvalue weighted by molar-refractivity contribution is 7.92. The Hall–Kier alpha value is -4.43. The smallest absolute Gasteiger partial charge is 0.264 e. The van der Waals surface area contributed by atoms with Gasteiger partial charge in [0, 0.05) is 19.5 Å². The van der Waals surface area contributed by atoms with Gasteiger partial charge in [-0.3, -0.25) is 13.9 Å². The zero-order chi connectivity index (χ0) is 32.6. The minimum absolute atomic E-state index is 0.0881. The Balaban J connectivity index is 1.81. The molecule has 0 spiro atoms. The van der Waals surface area contributed by atoms with E-state index in [1.54, 1.807) is 36.4 Å². The first-order valence-corrected chi connectivity index (χ1v) is 16.7. The van der Waals surface area contributed by atoms with E-state index in [-0.39, 0.29) is 29.7 Å². The lowest BCUT2D eigenvalue weighted by atomic mass is 10.0. The van der Waals surface area contributed by atoms with E-state index in [9.17, 15) is 18.0 Å². The molecular formula is C37H43N3O4S. The fourth-order valence-electron chi connectivity index (χ4n) is 5.22. The Morgan fingerprint density at radius 3 is 1.84 bits per heavy atom.